The molecule has 0 radical (unpaired) electrons. The molecule has 2 aliphatic rings. The SMILES string of the molecule is CC(C)N1C(=O)CO[C@H](C(=O)N2C[C@@H](C)O[C@@H](C)C2)[C@H]1c1ccccc1. The van der Waals surface area contributed by atoms with Gasteiger partial charge >= 0.3 is 0 Å². The fourth-order valence-electron chi connectivity index (χ4n) is 3.97. The fraction of sp³-hybridized carbons (Fsp3) is 0.600. The maximum atomic E-state index is 13.3. The van der Waals surface area contributed by atoms with Crippen LogP contribution in [0.15, 0.2) is 30.3 Å². The summed E-state index contributed by atoms with van der Waals surface area (Å²) in [5, 5.41) is 0. The Kier molecular flexibility index (Phi) is 5.63. The number of benzene rings is 1. The summed E-state index contributed by atoms with van der Waals surface area (Å²) >= 11 is 0. The molecule has 6 nitrogen and oxygen atoms in total. The highest BCUT2D eigenvalue weighted by Crippen LogP contribution is 2.33. The molecule has 1 aromatic carbocycles. The lowest BCUT2D eigenvalue weighted by Gasteiger charge is -2.45. The summed E-state index contributed by atoms with van der Waals surface area (Å²) in [7, 11) is 0. The Morgan fingerprint density at radius 2 is 1.73 bits per heavy atom. The highest BCUT2D eigenvalue weighted by Gasteiger charge is 2.45. The van der Waals surface area contributed by atoms with E-state index in [2.05, 4.69) is 0 Å². The number of ether oxygens (including phenoxy) is 2. The van der Waals surface area contributed by atoms with Crippen LogP contribution in [-0.2, 0) is 19.1 Å². The van der Waals surface area contributed by atoms with Gasteiger partial charge in [0, 0.05) is 19.1 Å². The zero-order chi connectivity index (χ0) is 18.8. The Bertz CT molecular complexity index is 638. The van der Waals surface area contributed by atoms with Gasteiger partial charge in [-0.1, -0.05) is 30.3 Å². The Labute approximate surface area is 155 Å². The van der Waals surface area contributed by atoms with Gasteiger partial charge in [0.15, 0.2) is 6.10 Å². The van der Waals surface area contributed by atoms with E-state index in [-0.39, 0.29) is 36.7 Å². The Hall–Kier alpha value is -1.92. The molecule has 0 unspecified atom stereocenters. The molecule has 2 aliphatic heterocycles. The van der Waals surface area contributed by atoms with Crippen LogP contribution in [0.2, 0.25) is 0 Å². The standard InChI is InChI=1S/C20H28N2O4/c1-13(2)22-17(23)12-25-19(18(22)16-8-6-5-7-9-16)20(24)21-10-14(3)26-15(4)11-21/h5-9,13-15,18-19H,10-12H2,1-4H3/t14-,15+,18-,19+/m1/s1. The van der Waals surface area contributed by atoms with Crippen LogP contribution >= 0.6 is 0 Å². The van der Waals surface area contributed by atoms with Crippen molar-refractivity contribution in [1.29, 1.82) is 0 Å². The molecule has 2 amide bonds. The van der Waals surface area contributed by atoms with Crippen molar-refractivity contribution in [3.8, 4) is 0 Å². The quantitative estimate of drug-likeness (QED) is 0.827. The largest absolute Gasteiger partial charge is 0.372 e. The number of nitrogens with zero attached hydrogens (tertiary/aromatic N) is 2. The molecule has 0 N–H and O–H groups in total. The molecule has 142 valence electrons. The zero-order valence-electron chi connectivity index (χ0n) is 15.9. The monoisotopic (exact) mass is 360 g/mol. The van der Waals surface area contributed by atoms with Crippen LogP contribution in [-0.4, -0.2) is 65.7 Å². The third kappa shape index (κ3) is 3.76. The van der Waals surface area contributed by atoms with Crippen molar-refractivity contribution in [3.63, 3.8) is 0 Å². The van der Waals surface area contributed by atoms with Gasteiger partial charge in [0.1, 0.15) is 6.61 Å². The van der Waals surface area contributed by atoms with E-state index in [1.807, 2.05) is 62.9 Å². The van der Waals surface area contributed by atoms with Gasteiger partial charge < -0.3 is 19.3 Å². The highest BCUT2D eigenvalue weighted by molar-refractivity contribution is 5.86. The highest BCUT2D eigenvalue weighted by atomic mass is 16.5. The second-order valence-electron chi connectivity index (χ2n) is 7.48. The van der Waals surface area contributed by atoms with Crippen LogP contribution in [0.5, 0.6) is 0 Å². The minimum absolute atomic E-state index is 0.00991. The summed E-state index contributed by atoms with van der Waals surface area (Å²) in [6, 6.07) is 9.24. The first-order valence-corrected chi connectivity index (χ1v) is 9.30. The second kappa shape index (κ2) is 7.76. The molecule has 0 bridgehead atoms. The van der Waals surface area contributed by atoms with Gasteiger partial charge in [-0.15, -0.1) is 0 Å². The molecule has 2 saturated heterocycles. The first-order chi connectivity index (χ1) is 12.4. The van der Waals surface area contributed by atoms with E-state index in [4.69, 9.17) is 9.47 Å². The van der Waals surface area contributed by atoms with Crippen LogP contribution < -0.4 is 0 Å². The molecule has 26 heavy (non-hydrogen) atoms. The normalized spacial score (nSPS) is 30.0. The van der Waals surface area contributed by atoms with E-state index < -0.39 is 12.1 Å². The third-order valence-electron chi connectivity index (χ3n) is 4.93. The van der Waals surface area contributed by atoms with Crippen molar-refractivity contribution in [3.05, 3.63) is 35.9 Å². The zero-order valence-corrected chi connectivity index (χ0v) is 15.9. The average Bonchev–Trinajstić information content (AvgIpc) is 2.60. The van der Waals surface area contributed by atoms with Crippen molar-refractivity contribution < 1.29 is 19.1 Å². The predicted octanol–water partition coefficient (Wildman–Crippen LogP) is 2.00. The van der Waals surface area contributed by atoms with Gasteiger partial charge in [0.25, 0.3) is 5.91 Å². The van der Waals surface area contributed by atoms with E-state index in [1.54, 1.807) is 4.90 Å². The van der Waals surface area contributed by atoms with E-state index in [9.17, 15) is 9.59 Å². The first kappa shape index (κ1) is 18.9. The van der Waals surface area contributed by atoms with Crippen LogP contribution in [0, 0.1) is 0 Å². The van der Waals surface area contributed by atoms with Gasteiger partial charge in [-0.05, 0) is 33.3 Å². The molecule has 2 heterocycles. The Balaban J connectivity index is 1.92. The Morgan fingerprint density at radius 1 is 1.12 bits per heavy atom. The summed E-state index contributed by atoms with van der Waals surface area (Å²) in [6.07, 6.45) is -0.719. The van der Waals surface area contributed by atoms with Gasteiger partial charge in [0.05, 0.1) is 18.2 Å². The number of hydrogen-bond acceptors (Lipinski definition) is 4. The van der Waals surface area contributed by atoms with E-state index in [1.165, 1.54) is 0 Å². The predicted molar refractivity (Wildman–Crippen MR) is 97.5 cm³/mol. The summed E-state index contributed by atoms with van der Waals surface area (Å²) in [4.78, 5) is 29.4. The average molecular weight is 360 g/mol. The molecule has 2 fully saturated rings. The number of carbonyl (C=O) groups excluding carboxylic acids is 2. The molecule has 6 heteroatoms. The fourth-order valence-corrected chi connectivity index (χ4v) is 3.97. The lowest BCUT2D eigenvalue weighted by Crippen LogP contribution is -2.59. The molecule has 4 atom stereocenters. The first-order valence-electron chi connectivity index (χ1n) is 9.30. The van der Waals surface area contributed by atoms with E-state index in [0.29, 0.717) is 13.1 Å². The van der Waals surface area contributed by atoms with Crippen LogP contribution in [0.1, 0.15) is 39.3 Å². The number of hydrogen-bond donors (Lipinski definition) is 0. The molecule has 0 aliphatic carbocycles. The van der Waals surface area contributed by atoms with Crippen molar-refractivity contribution >= 4 is 11.8 Å². The van der Waals surface area contributed by atoms with E-state index in [0.717, 1.165) is 5.56 Å². The van der Waals surface area contributed by atoms with Crippen molar-refractivity contribution in [2.45, 2.75) is 58.1 Å². The van der Waals surface area contributed by atoms with Crippen molar-refractivity contribution in [1.82, 2.24) is 9.80 Å². The molecule has 0 spiro atoms. The molecule has 0 aromatic heterocycles. The summed E-state index contributed by atoms with van der Waals surface area (Å²) < 4.78 is 11.5. The molecular formula is C20H28N2O4. The van der Waals surface area contributed by atoms with Crippen molar-refractivity contribution in [2.75, 3.05) is 19.7 Å². The van der Waals surface area contributed by atoms with Gasteiger partial charge in [-0.25, -0.2) is 0 Å². The van der Waals surface area contributed by atoms with Gasteiger partial charge in [0.2, 0.25) is 5.91 Å². The number of amides is 2. The molecule has 0 saturated carbocycles. The lowest BCUT2D eigenvalue weighted by molar-refractivity contribution is -0.177. The molecule has 3 rings (SSSR count). The van der Waals surface area contributed by atoms with Crippen molar-refractivity contribution in [2.24, 2.45) is 0 Å². The minimum atomic E-state index is -0.699. The van der Waals surface area contributed by atoms with E-state index >= 15 is 0 Å². The summed E-state index contributed by atoms with van der Waals surface area (Å²) in [5.74, 6) is -0.152. The van der Waals surface area contributed by atoms with Crippen LogP contribution in [0.3, 0.4) is 0 Å². The molecular weight excluding hydrogens is 332 g/mol. The summed E-state index contributed by atoms with van der Waals surface area (Å²) in [6.45, 7) is 8.90. The minimum Gasteiger partial charge on any atom is -0.372 e. The third-order valence-corrected chi connectivity index (χ3v) is 4.93. The Morgan fingerprint density at radius 3 is 2.31 bits per heavy atom. The lowest BCUT2D eigenvalue weighted by atomic mass is 9.95. The topological polar surface area (TPSA) is 59.1 Å². The maximum absolute atomic E-state index is 13.3. The summed E-state index contributed by atoms with van der Waals surface area (Å²) in [5.41, 5.74) is 0.918. The smallest absolute Gasteiger partial charge is 0.254 e. The van der Waals surface area contributed by atoms with Crippen LogP contribution in [0.4, 0.5) is 0 Å². The number of carbonyl (C=O) groups is 2. The second-order valence-corrected chi connectivity index (χ2v) is 7.48. The van der Waals surface area contributed by atoms with Crippen LogP contribution in [0.25, 0.3) is 0 Å². The molecule has 1 aromatic rings. The maximum Gasteiger partial charge on any atom is 0.254 e. The van der Waals surface area contributed by atoms with Gasteiger partial charge in [-0.2, -0.15) is 0 Å². The van der Waals surface area contributed by atoms with Gasteiger partial charge in [-0.3, -0.25) is 9.59 Å². The number of rotatable bonds is 3. The number of morpholine rings is 2.